The van der Waals surface area contributed by atoms with Crippen molar-refractivity contribution in [1.29, 1.82) is 0 Å². The van der Waals surface area contributed by atoms with Gasteiger partial charge < -0.3 is 15.0 Å². The summed E-state index contributed by atoms with van der Waals surface area (Å²) in [5, 5.41) is 2.97. The maximum absolute atomic E-state index is 13.1. The maximum Gasteiger partial charge on any atom is 0.266 e. The second-order valence-corrected chi connectivity index (χ2v) is 8.51. The van der Waals surface area contributed by atoms with Gasteiger partial charge in [-0.15, -0.1) is 0 Å². The van der Waals surface area contributed by atoms with Gasteiger partial charge in [0.1, 0.15) is 5.75 Å². The predicted octanol–water partition coefficient (Wildman–Crippen LogP) is 2.46. The highest BCUT2D eigenvalue weighted by Gasteiger charge is 2.49. The number of likely N-dealkylation sites (tertiary alicyclic amines) is 1. The Morgan fingerprint density at radius 1 is 1.19 bits per heavy atom. The molecule has 2 amide bonds. The average molecular weight is 356 g/mol. The largest absolute Gasteiger partial charge is 0.478 e. The van der Waals surface area contributed by atoms with Gasteiger partial charge in [0.2, 0.25) is 5.91 Å². The second kappa shape index (κ2) is 6.29. The zero-order chi connectivity index (χ0) is 18.4. The Morgan fingerprint density at radius 3 is 2.81 bits per heavy atom. The molecule has 2 fully saturated rings. The molecule has 1 atom stereocenters. The molecule has 4 rings (SSSR count). The van der Waals surface area contributed by atoms with Crippen LogP contribution in [0.1, 0.15) is 50.7 Å². The molecule has 0 bridgehead atoms. The molecule has 5 heteroatoms. The number of rotatable bonds is 3. The van der Waals surface area contributed by atoms with Crippen LogP contribution in [0.4, 0.5) is 0 Å². The Labute approximate surface area is 155 Å². The van der Waals surface area contributed by atoms with Gasteiger partial charge in [-0.1, -0.05) is 6.07 Å². The van der Waals surface area contributed by atoms with E-state index in [1.165, 1.54) is 17.5 Å². The summed E-state index contributed by atoms with van der Waals surface area (Å²) < 4.78 is 6.11. The first-order valence-corrected chi connectivity index (χ1v) is 9.78. The Balaban J connectivity index is 1.46. The fraction of sp³-hybridized carbons (Fsp3) is 0.619. The van der Waals surface area contributed by atoms with E-state index in [-0.39, 0.29) is 11.8 Å². The van der Waals surface area contributed by atoms with Crippen molar-refractivity contribution in [2.24, 2.45) is 5.41 Å². The third kappa shape index (κ3) is 2.97. The molecule has 1 spiro atoms. The first-order chi connectivity index (χ1) is 12.4. The zero-order valence-corrected chi connectivity index (χ0v) is 15.8. The number of carbonyl (C=O) groups is 2. The molecule has 1 aromatic carbocycles. The lowest BCUT2D eigenvalue weighted by molar-refractivity contribution is -0.145. The van der Waals surface area contributed by atoms with Crippen LogP contribution < -0.4 is 10.1 Å². The monoisotopic (exact) mass is 356 g/mol. The van der Waals surface area contributed by atoms with Gasteiger partial charge in [0.05, 0.1) is 5.41 Å². The molecule has 26 heavy (non-hydrogen) atoms. The van der Waals surface area contributed by atoms with E-state index in [4.69, 9.17) is 4.74 Å². The first-order valence-electron chi connectivity index (χ1n) is 9.78. The van der Waals surface area contributed by atoms with Gasteiger partial charge in [0.25, 0.3) is 5.91 Å². The first kappa shape index (κ1) is 17.4. The van der Waals surface area contributed by atoms with Crippen molar-refractivity contribution in [2.45, 2.75) is 58.0 Å². The number of benzene rings is 1. The van der Waals surface area contributed by atoms with Gasteiger partial charge in [0.15, 0.2) is 5.60 Å². The predicted molar refractivity (Wildman–Crippen MR) is 99.0 cm³/mol. The van der Waals surface area contributed by atoms with Gasteiger partial charge in [-0.3, -0.25) is 9.59 Å². The maximum atomic E-state index is 13.1. The fourth-order valence-corrected chi connectivity index (χ4v) is 4.70. The number of hydrogen-bond donors (Lipinski definition) is 1. The molecule has 140 valence electrons. The molecule has 0 unspecified atom stereocenters. The van der Waals surface area contributed by atoms with Crippen molar-refractivity contribution in [3.8, 4) is 5.75 Å². The van der Waals surface area contributed by atoms with Gasteiger partial charge in [-0.25, -0.2) is 0 Å². The highest BCUT2D eigenvalue weighted by molar-refractivity contribution is 5.88. The summed E-state index contributed by atoms with van der Waals surface area (Å²) in [5.74, 6) is 0.831. The van der Waals surface area contributed by atoms with E-state index in [2.05, 4.69) is 17.4 Å². The lowest BCUT2D eigenvalue weighted by Crippen LogP contribution is -2.51. The average Bonchev–Trinajstić information content (AvgIpc) is 3.24. The van der Waals surface area contributed by atoms with Gasteiger partial charge in [-0.2, -0.15) is 0 Å². The number of hydrogen-bond acceptors (Lipinski definition) is 3. The summed E-state index contributed by atoms with van der Waals surface area (Å²) in [7, 11) is 0. The summed E-state index contributed by atoms with van der Waals surface area (Å²) in [6.45, 7) is 5.54. The molecular weight excluding hydrogens is 328 g/mol. The lowest BCUT2D eigenvalue weighted by Gasteiger charge is -2.34. The molecule has 2 heterocycles. The van der Waals surface area contributed by atoms with E-state index in [1.54, 1.807) is 0 Å². The lowest BCUT2D eigenvalue weighted by atomic mass is 9.79. The Morgan fingerprint density at radius 2 is 2.00 bits per heavy atom. The van der Waals surface area contributed by atoms with Crippen LogP contribution in [0.5, 0.6) is 5.75 Å². The fourth-order valence-electron chi connectivity index (χ4n) is 4.70. The summed E-state index contributed by atoms with van der Waals surface area (Å²) >= 11 is 0. The molecule has 1 aliphatic carbocycles. The van der Waals surface area contributed by atoms with Crippen LogP contribution in [-0.4, -0.2) is 41.9 Å². The van der Waals surface area contributed by atoms with Crippen LogP contribution in [-0.2, 0) is 22.4 Å². The number of piperidine rings is 1. The molecule has 0 saturated carbocycles. The van der Waals surface area contributed by atoms with Crippen LogP contribution in [0.15, 0.2) is 18.2 Å². The number of nitrogens with one attached hydrogen (secondary N) is 1. The summed E-state index contributed by atoms with van der Waals surface area (Å²) in [6, 6.07) is 6.17. The van der Waals surface area contributed by atoms with Crippen molar-refractivity contribution in [1.82, 2.24) is 10.2 Å². The summed E-state index contributed by atoms with van der Waals surface area (Å²) in [6.07, 6.45) is 6.02. The number of ether oxygens (including phenoxy) is 1. The minimum absolute atomic E-state index is 0.0340. The highest BCUT2D eigenvalue weighted by Crippen LogP contribution is 2.38. The third-order valence-electron chi connectivity index (χ3n) is 6.20. The van der Waals surface area contributed by atoms with Crippen LogP contribution in [0.25, 0.3) is 0 Å². The Bertz CT molecular complexity index is 743. The topological polar surface area (TPSA) is 58.6 Å². The van der Waals surface area contributed by atoms with E-state index in [0.29, 0.717) is 13.1 Å². The van der Waals surface area contributed by atoms with Gasteiger partial charge in [0, 0.05) is 19.6 Å². The van der Waals surface area contributed by atoms with E-state index in [1.807, 2.05) is 24.8 Å². The number of carbonyl (C=O) groups excluding carboxylic acids is 2. The van der Waals surface area contributed by atoms with Gasteiger partial charge >= 0.3 is 0 Å². The van der Waals surface area contributed by atoms with E-state index in [9.17, 15) is 9.59 Å². The molecule has 1 N–H and O–H groups in total. The Hall–Kier alpha value is -2.04. The van der Waals surface area contributed by atoms with Crippen LogP contribution in [0, 0.1) is 5.41 Å². The van der Waals surface area contributed by atoms with Crippen molar-refractivity contribution in [3.63, 3.8) is 0 Å². The van der Waals surface area contributed by atoms with Crippen molar-refractivity contribution in [2.75, 3.05) is 19.6 Å². The van der Waals surface area contributed by atoms with E-state index >= 15 is 0 Å². The third-order valence-corrected chi connectivity index (χ3v) is 6.20. The van der Waals surface area contributed by atoms with Crippen molar-refractivity contribution < 1.29 is 14.3 Å². The van der Waals surface area contributed by atoms with Crippen LogP contribution in [0.2, 0.25) is 0 Å². The minimum atomic E-state index is -0.941. The zero-order valence-electron chi connectivity index (χ0n) is 15.8. The molecule has 2 aliphatic heterocycles. The van der Waals surface area contributed by atoms with Gasteiger partial charge in [-0.05, 0) is 75.6 Å². The summed E-state index contributed by atoms with van der Waals surface area (Å²) in [5.41, 5.74) is 1.40. The molecule has 5 nitrogen and oxygen atoms in total. The van der Waals surface area contributed by atoms with Crippen molar-refractivity contribution in [3.05, 3.63) is 29.3 Å². The summed E-state index contributed by atoms with van der Waals surface area (Å²) in [4.78, 5) is 27.3. The SMILES string of the molecule is CC(C)(Oc1ccc2c(c1)CCC2)C(=O)N1CC[C@@]2(CCCNC2=O)C1. The van der Waals surface area contributed by atoms with Crippen molar-refractivity contribution >= 4 is 11.8 Å². The van der Waals surface area contributed by atoms with Crippen LogP contribution >= 0.6 is 0 Å². The molecule has 1 aromatic rings. The second-order valence-electron chi connectivity index (χ2n) is 8.51. The molecule has 0 radical (unpaired) electrons. The molecule has 3 aliphatic rings. The smallest absolute Gasteiger partial charge is 0.266 e. The highest BCUT2D eigenvalue weighted by atomic mass is 16.5. The number of amides is 2. The standard InChI is InChI=1S/C21H28N2O3/c1-20(2,26-17-8-7-15-5-3-6-16(15)13-17)19(25)23-12-10-21(14-23)9-4-11-22-18(21)24/h7-8,13H,3-6,9-12,14H2,1-2H3,(H,22,24)/t21-/m0/s1. The normalized spacial score (nSPS) is 25.3. The van der Waals surface area contributed by atoms with E-state index in [0.717, 1.165) is 44.4 Å². The number of aryl methyl sites for hydroxylation is 2. The molecule has 0 aromatic heterocycles. The number of nitrogens with zero attached hydrogens (tertiary/aromatic N) is 1. The van der Waals surface area contributed by atoms with E-state index < -0.39 is 11.0 Å². The quantitative estimate of drug-likeness (QED) is 0.905. The Kier molecular flexibility index (Phi) is 4.20. The molecule has 2 saturated heterocycles. The number of fused-ring (bicyclic) bond motifs is 1. The van der Waals surface area contributed by atoms with Crippen LogP contribution in [0.3, 0.4) is 0 Å². The molecular formula is C21H28N2O3. The minimum Gasteiger partial charge on any atom is -0.478 e.